The van der Waals surface area contributed by atoms with E-state index in [0.717, 1.165) is 17.8 Å². The number of hydrogen-bond donors (Lipinski definition) is 0. The lowest BCUT2D eigenvalue weighted by molar-refractivity contribution is 0.186. The standard InChI is InChI=1S/C19H28.C13H12/c1-15-7-9-17(10-8-15)19-13-11-18(12-14-19)16-5-3-2-4-6-16;1-11-7-9-13(10-8-11)12-5-3-2-4-6-12/h7-10,16,18-19H,2-6,11-14H2,1H3;2-10H,1H3. The van der Waals surface area contributed by atoms with Gasteiger partial charge in [0.15, 0.2) is 0 Å². The van der Waals surface area contributed by atoms with Crippen LogP contribution < -0.4 is 0 Å². The minimum absolute atomic E-state index is 0.848. The maximum absolute atomic E-state index is 2.36. The molecule has 3 aromatic carbocycles. The predicted molar refractivity (Wildman–Crippen MR) is 139 cm³/mol. The maximum Gasteiger partial charge on any atom is -0.0162 e. The summed E-state index contributed by atoms with van der Waals surface area (Å²) in [5.74, 6) is 2.98. The number of benzene rings is 3. The molecule has 168 valence electrons. The first-order valence-corrected chi connectivity index (χ1v) is 12.9. The van der Waals surface area contributed by atoms with Crippen LogP contribution in [-0.4, -0.2) is 0 Å². The molecule has 0 heteroatoms. The summed E-state index contributed by atoms with van der Waals surface area (Å²) in [5, 5.41) is 0. The third kappa shape index (κ3) is 6.35. The molecule has 2 aliphatic carbocycles. The van der Waals surface area contributed by atoms with Crippen LogP contribution in [0.3, 0.4) is 0 Å². The fourth-order valence-corrected chi connectivity index (χ4v) is 5.74. The van der Waals surface area contributed by atoms with E-state index in [1.165, 1.54) is 80.0 Å². The monoisotopic (exact) mass is 424 g/mol. The van der Waals surface area contributed by atoms with Crippen LogP contribution in [-0.2, 0) is 0 Å². The Bertz CT molecular complexity index is 906. The van der Waals surface area contributed by atoms with Crippen LogP contribution >= 0.6 is 0 Å². The van der Waals surface area contributed by atoms with E-state index in [2.05, 4.69) is 86.6 Å². The lowest BCUT2D eigenvalue weighted by Crippen LogP contribution is -2.23. The van der Waals surface area contributed by atoms with Gasteiger partial charge in [0, 0.05) is 0 Å². The van der Waals surface area contributed by atoms with Gasteiger partial charge in [0.1, 0.15) is 0 Å². The summed E-state index contributed by atoms with van der Waals surface area (Å²) in [7, 11) is 0. The van der Waals surface area contributed by atoms with Gasteiger partial charge in [-0.1, -0.05) is 122 Å². The second-order valence-corrected chi connectivity index (χ2v) is 10.2. The SMILES string of the molecule is Cc1ccc(-c2ccccc2)cc1.Cc1ccc(C2CCC(C3CCCCC3)CC2)cc1. The highest BCUT2D eigenvalue weighted by Crippen LogP contribution is 2.42. The highest BCUT2D eigenvalue weighted by Gasteiger charge is 2.28. The van der Waals surface area contributed by atoms with Gasteiger partial charge < -0.3 is 0 Å². The Hall–Kier alpha value is -2.34. The zero-order valence-electron chi connectivity index (χ0n) is 20.1. The van der Waals surface area contributed by atoms with E-state index in [4.69, 9.17) is 0 Å². The molecule has 0 spiro atoms. The van der Waals surface area contributed by atoms with Crippen molar-refractivity contribution in [3.63, 3.8) is 0 Å². The van der Waals surface area contributed by atoms with Gasteiger partial charge in [-0.15, -0.1) is 0 Å². The normalized spacial score (nSPS) is 21.4. The molecule has 5 rings (SSSR count). The molecule has 0 aromatic heterocycles. The van der Waals surface area contributed by atoms with Gasteiger partial charge in [-0.2, -0.15) is 0 Å². The van der Waals surface area contributed by atoms with Crippen LogP contribution in [0, 0.1) is 25.7 Å². The molecule has 32 heavy (non-hydrogen) atoms. The van der Waals surface area contributed by atoms with Gasteiger partial charge in [-0.05, 0) is 74.0 Å². The third-order valence-corrected chi connectivity index (χ3v) is 7.80. The Kier molecular flexibility index (Phi) is 8.21. The molecule has 0 heterocycles. The first kappa shape index (κ1) is 22.8. The summed E-state index contributed by atoms with van der Waals surface area (Å²) in [6.45, 7) is 4.29. The van der Waals surface area contributed by atoms with E-state index in [-0.39, 0.29) is 0 Å². The Morgan fingerprint density at radius 1 is 0.469 bits per heavy atom. The molecule has 0 atom stereocenters. The van der Waals surface area contributed by atoms with Gasteiger partial charge >= 0.3 is 0 Å². The average molecular weight is 425 g/mol. The van der Waals surface area contributed by atoms with Gasteiger partial charge in [-0.3, -0.25) is 0 Å². The van der Waals surface area contributed by atoms with E-state index in [1.54, 1.807) is 5.56 Å². The maximum atomic E-state index is 2.36. The van der Waals surface area contributed by atoms with Gasteiger partial charge in [0.05, 0.1) is 0 Å². The zero-order chi connectivity index (χ0) is 22.2. The van der Waals surface area contributed by atoms with Crippen molar-refractivity contribution in [3.8, 4) is 11.1 Å². The van der Waals surface area contributed by atoms with Crippen molar-refractivity contribution in [2.24, 2.45) is 11.8 Å². The molecule has 0 amide bonds. The molecule has 0 unspecified atom stereocenters. The Morgan fingerprint density at radius 2 is 0.969 bits per heavy atom. The quantitative estimate of drug-likeness (QED) is 0.392. The molecule has 0 N–H and O–H groups in total. The minimum atomic E-state index is 0.848. The molecule has 0 saturated heterocycles. The highest BCUT2D eigenvalue weighted by atomic mass is 14.3. The minimum Gasteiger partial charge on any atom is -0.0622 e. The van der Waals surface area contributed by atoms with Crippen LogP contribution in [0.5, 0.6) is 0 Å². The number of rotatable bonds is 3. The molecule has 0 nitrogen and oxygen atoms in total. The topological polar surface area (TPSA) is 0 Å². The Balaban J connectivity index is 0.000000165. The fraction of sp³-hybridized carbons (Fsp3) is 0.438. The van der Waals surface area contributed by atoms with Crippen molar-refractivity contribution in [1.82, 2.24) is 0 Å². The largest absolute Gasteiger partial charge is 0.0622 e. The second kappa shape index (κ2) is 11.5. The van der Waals surface area contributed by atoms with E-state index < -0.39 is 0 Å². The van der Waals surface area contributed by atoms with Crippen LogP contribution in [0.25, 0.3) is 11.1 Å². The highest BCUT2D eigenvalue weighted by molar-refractivity contribution is 5.63. The molecule has 2 saturated carbocycles. The van der Waals surface area contributed by atoms with E-state index in [1.807, 2.05) is 6.07 Å². The van der Waals surface area contributed by atoms with Crippen LogP contribution in [0.2, 0.25) is 0 Å². The number of aryl methyl sites for hydroxylation is 2. The number of hydrogen-bond acceptors (Lipinski definition) is 0. The molecule has 3 aromatic rings. The van der Waals surface area contributed by atoms with E-state index in [9.17, 15) is 0 Å². The van der Waals surface area contributed by atoms with Crippen molar-refractivity contribution in [2.45, 2.75) is 77.6 Å². The summed E-state index contributed by atoms with van der Waals surface area (Å²) >= 11 is 0. The predicted octanol–water partition coefficient (Wildman–Crippen LogP) is 9.51. The Labute approximate surface area is 196 Å². The van der Waals surface area contributed by atoms with Gasteiger partial charge in [0.2, 0.25) is 0 Å². The molecule has 2 aliphatic rings. The van der Waals surface area contributed by atoms with Crippen molar-refractivity contribution < 1.29 is 0 Å². The first-order valence-electron chi connectivity index (χ1n) is 12.9. The molecular weight excluding hydrogens is 384 g/mol. The first-order chi connectivity index (χ1) is 15.7. The Morgan fingerprint density at radius 3 is 1.56 bits per heavy atom. The summed E-state index contributed by atoms with van der Waals surface area (Å²) < 4.78 is 0. The van der Waals surface area contributed by atoms with Crippen LogP contribution in [0.1, 0.15) is 80.4 Å². The molecule has 0 aliphatic heterocycles. The fourth-order valence-electron chi connectivity index (χ4n) is 5.74. The summed E-state index contributed by atoms with van der Waals surface area (Å²) in [6.07, 6.45) is 13.4. The van der Waals surface area contributed by atoms with Crippen molar-refractivity contribution in [1.29, 1.82) is 0 Å². The zero-order valence-corrected chi connectivity index (χ0v) is 20.1. The second-order valence-electron chi connectivity index (χ2n) is 10.2. The van der Waals surface area contributed by atoms with Crippen LogP contribution in [0.4, 0.5) is 0 Å². The third-order valence-electron chi connectivity index (χ3n) is 7.80. The lowest BCUT2D eigenvalue weighted by Gasteiger charge is -2.36. The van der Waals surface area contributed by atoms with Crippen molar-refractivity contribution in [2.75, 3.05) is 0 Å². The summed E-state index contributed by atoms with van der Waals surface area (Å²) in [5.41, 5.74) is 6.85. The van der Waals surface area contributed by atoms with Gasteiger partial charge in [-0.25, -0.2) is 0 Å². The average Bonchev–Trinajstić information content (AvgIpc) is 2.87. The molecule has 0 radical (unpaired) electrons. The molecule has 0 bridgehead atoms. The summed E-state index contributed by atoms with van der Waals surface area (Å²) in [4.78, 5) is 0. The van der Waals surface area contributed by atoms with E-state index in [0.29, 0.717) is 0 Å². The van der Waals surface area contributed by atoms with Crippen molar-refractivity contribution >= 4 is 0 Å². The lowest BCUT2D eigenvalue weighted by atomic mass is 9.70. The summed E-state index contributed by atoms with van der Waals surface area (Å²) in [6, 6.07) is 28.3. The molecule has 2 fully saturated rings. The smallest absolute Gasteiger partial charge is 0.0162 e. The van der Waals surface area contributed by atoms with Crippen LogP contribution in [0.15, 0.2) is 78.9 Å². The van der Waals surface area contributed by atoms with Gasteiger partial charge in [0.25, 0.3) is 0 Å². The van der Waals surface area contributed by atoms with E-state index >= 15 is 0 Å². The molecular formula is C32H40. The van der Waals surface area contributed by atoms with Crippen molar-refractivity contribution in [3.05, 3.63) is 95.6 Å².